The number of aldehydes is 1. The van der Waals surface area contributed by atoms with Crippen molar-refractivity contribution in [2.45, 2.75) is 12.6 Å². The van der Waals surface area contributed by atoms with Crippen molar-refractivity contribution in [2.75, 3.05) is 0 Å². The predicted octanol–water partition coefficient (Wildman–Crippen LogP) is 1.41. The molecule has 2 heteroatoms. The van der Waals surface area contributed by atoms with Crippen molar-refractivity contribution < 1.29 is 9.18 Å². The van der Waals surface area contributed by atoms with E-state index in [0.29, 0.717) is 12.7 Å². The second-order valence-corrected chi connectivity index (χ2v) is 1.92. The average molecular weight is 126 g/mol. The molecule has 9 heavy (non-hydrogen) atoms. The summed E-state index contributed by atoms with van der Waals surface area (Å²) < 4.78 is 12.5. The SMILES string of the molecule is O=CC1=CC=CCC1F. The number of carbonyl (C=O) groups excluding carboxylic acids is 1. The number of hydrogen-bond donors (Lipinski definition) is 0. The predicted molar refractivity (Wildman–Crippen MR) is 32.8 cm³/mol. The molecule has 0 heterocycles. The Morgan fingerprint density at radius 2 is 2.56 bits per heavy atom. The van der Waals surface area contributed by atoms with Crippen molar-refractivity contribution in [1.29, 1.82) is 0 Å². The van der Waals surface area contributed by atoms with Crippen LogP contribution in [0, 0.1) is 0 Å². The summed E-state index contributed by atoms with van der Waals surface area (Å²) in [4.78, 5) is 10.0. The Morgan fingerprint density at radius 1 is 1.78 bits per heavy atom. The van der Waals surface area contributed by atoms with Crippen LogP contribution in [0.2, 0.25) is 0 Å². The second kappa shape index (κ2) is 2.58. The first-order valence-electron chi connectivity index (χ1n) is 2.80. The Hall–Kier alpha value is -0.920. The Morgan fingerprint density at radius 3 is 3.00 bits per heavy atom. The van der Waals surface area contributed by atoms with Gasteiger partial charge in [-0.05, 0) is 0 Å². The molecule has 0 amide bonds. The first-order chi connectivity index (χ1) is 4.34. The lowest BCUT2D eigenvalue weighted by Gasteiger charge is -2.06. The van der Waals surface area contributed by atoms with Gasteiger partial charge in [0, 0.05) is 12.0 Å². The van der Waals surface area contributed by atoms with Crippen LogP contribution in [0.15, 0.2) is 23.8 Å². The van der Waals surface area contributed by atoms with Gasteiger partial charge in [0.15, 0.2) is 0 Å². The van der Waals surface area contributed by atoms with E-state index in [2.05, 4.69) is 0 Å². The molecule has 0 saturated heterocycles. The molecule has 0 radical (unpaired) electrons. The maximum absolute atomic E-state index is 12.5. The summed E-state index contributed by atoms with van der Waals surface area (Å²) in [5.41, 5.74) is 0.248. The molecule has 0 aliphatic heterocycles. The smallest absolute Gasteiger partial charge is 0.148 e. The molecule has 0 N–H and O–H groups in total. The van der Waals surface area contributed by atoms with Crippen LogP contribution < -0.4 is 0 Å². The maximum atomic E-state index is 12.5. The molecule has 0 aromatic heterocycles. The Kier molecular flexibility index (Phi) is 1.78. The van der Waals surface area contributed by atoms with Gasteiger partial charge in [-0.25, -0.2) is 4.39 Å². The molecule has 0 aromatic rings. The molecule has 1 rings (SSSR count). The largest absolute Gasteiger partial charge is 0.298 e. The van der Waals surface area contributed by atoms with Gasteiger partial charge >= 0.3 is 0 Å². The molecule has 0 spiro atoms. The normalized spacial score (nSPS) is 25.4. The van der Waals surface area contributed by atoms with Crippen LogP contribution in [0.1, 0.15) is 6.42 Å². The van der Waals surface area contributed by atoms with E-state index >= 15 is 0 Å². The molecule has 1 unspecified atom stereocenters. The van der Waals surface area contributed by atoms with Gasteiger partial charge in [-0.15, -0.1) is 0 Å². The second-order valence-electron chi connectivity index (χ2n) is 1.92. The van der Waals surface area contributed by atoms with Crippen LogP contribution in [0.3, 0.4) is 0 Å². The van der Waals surface area contributed by atoms with Gasteiger partial charge in [-0.2, -0.15) is 0 Å². The molecule has 1 nitrogen and oxygen atoms in total. The highest BCUT2D eigenvalue weighted by Crippen LogP contribution is 2.13. The summed E-state index contributed by atoms with van der Waals surface area (Å²) in [6.07, 6.45) is 4.73. The fourth-order valence-electron chi connectivity index (χ4n) is 0.731. The lowest BCUT2D eigenvalue weighted by molar-refractivity contribution is -0.105. The van der Waals surface area contributed by atoms with E-state index in [1.807, 2.05) is 0 Å². The van der Waals surface area contributed by atoms with Crippen molar-refractivity contribution >= 4 is 6.29 Å². The molecule has 48 valence electrons. The van der Waals surface area contributed by atoms with Crippen molar-refractivity contribution in [1.82, 2.24) is 0 Å². The zero-order valence-electron chi connectivity index (χ0n) is 4.88. The number of rotatable bonds is 1. The maximum Gasteiger partial charge on any atom is 0.148 e. The van der Waals surface area contributed by atoms with Gasteiger partial charge in [0.1, 0.15) is 12.5 Å². The zero-order valence-corrected chi connectivity index (χ0v) is 4.88. The Balaban J connectivity index is 2.74. The van der Waals surface area contributed by atoms with Crippen molar-refractivity contribution in [3.8, 4) is 0 Å². The molecule has 0 saturated carbocycles. The number of alkyl halides is 1. The van der Waals surface area contributed by atoms with E-state index in [-0.39, 0.29) is 5.57 Å². The monoisotopic (exact) mass is 126 g/mol. The quantitative estimate of drug-likeness (QED) is 0.485. The van der Waals surface area contributed by atoms with E-state index in [4.69, 9.17) is 0 Å². The molecule has 0 aromatic carbocycles. The molecular formula is C7H7FO. The van der Waals surface area contributed by atoms with E-state index in [0.717, 1.165) is 0 Å². The highest BCUT2D eigenvalue weighted by molar-refractivity contribution is 5.75. The van der Waals surface area contributed by atoms with Crippen molar-refractivity contribution in [3.05, 3.63) is 23.8 Å². The van der Waals surface area contributed by atoms with E-state index in [1.165, 1.54) is 6.08 Å². The number of carbonyl (C=O) groups is 1. The third-order valence-corrected chi connectivity index (χ3v) is 1.27. The fourth-order valence-corrected chi connectivity index (χ4v) is 0.731. The first kappa shape index (κ1) is 6.20. The molecule has 1 aliphatic carbocycles. The Bertz CT molecular complexity index is 170. The summed E-state index contributed by atoms with van der Waals surface area (Å²) in [6, 6.07) is 0. The van der Waals surface area contributed by atoms with Crippen molar-refractivity contribution in [2.24, 2.45) is 0 Å². The van der Waals surface area contributed by atoms with E-state index < -0.39 is 6.17 Å². The van der Waals surface area contributed by atoms with Crippen LogP contribution >= 0.6 is 0 Å². The Labute approximate surface area is 52.9 Å². The lowest BCUT2D eigenvalue weighted by Crippen LogP contribution is -2.06. The molecule has 0 fully saturated rings. The highest BCUT2D eigenvalue weighted by atomic mass is 19.1. The van der Waals surface area contributed by atoms with Gasteiger partial charge in [0.05, 0.1) is 0 Å². The number of allylic oxidation sites excluding steroid dienone is 4. The molecule has 1 aliphatic rings. The van der Waals surface area contributed by atoms with Crippen LogP contribution in [-0.2, 0) is 4.79 Å². The summed E-state index contributed by atoms with van der Waals surface area (Å²) in [7, 11) is 0. The lowest BCUT2D eigenvalue weighted by atomic mass is 10.1. The summed E-state index contributed by atoms with van der Waals surface area (Å²) >= 11 is 0. The van der Waals surface area contributed by atoms with Crippen molar-refractivity contribution in [3.63, 3.8) is 0 Å². The minimum absolute atomic E-state index is 0.248. The molecular weight excluding hydrogens is 119 g/mol. The zero-order chi connectivity index (χ0) is 6.69. The fraction of sp³-hybridized carbons (Fsp3) is 0.286. The van der Waals surface area contributed by atoms with E-state index in [9.17, 15) is 9.18 Å². The molecule has 0 bridgehead atoms. The first-order valence-corrected chi connectivity index (χ1v) is 2.80. The minimum Gasteiger partial charge on any atom is -0.298 e. The van der Waals surface area contributed by atoms with Crippen LogP contribution in [-0.4, -0.2) is 12.5 Å². The number of halogens is 1. The summed E-state index contributed by atoms with van der Waals surface area (Å²) in [5, 5.41) is 0. The van der Waals surface area contributed by atoms with Gasteiger partial charge in [-0.1, -0.05) is 18.2 Å². The van der Waals surface area contributed by atoms with Gasteiger partial charge < -0.3 is 0 Å². The topological polar surface area (TPSA) is 17.1 Å². The average Bonchev–Trinajstić information content (AvgIpc) is 1.89. The van der Waals surface area contributed by atoms with Crippen LogP contribution in [0.5, 0.6) is 0 Å². The third-order valence-electron chi connectivity index (χ3n) is 1.27. The van der Waals surface area contributed by atoms with Crippen LogP contribution in [0.25, 0.3) is 0 Å². The highest BCUT2D eigenvalue weighted by Gasteiger charge is 2.11. The van der Waals surface area contributed by atoms with Crippen LogP contribution in [0.4, 0.5) is 4.39 Å². The minimum atomic E-state index is -1.08. The number of hydrogen-bond acceptors (Lipinski definition) is 1. The van der Waals surface area contributed by atoms with Gasteiger partial charge in [0.25, 0.3) is 0 Å². The summed E-state index contributed by atoms with van der Waals surface area (Å²) in [5.74, 6) is 0. The standard InChI is InChI=1S/C7H7FO/c8-7-4-2-1-3-6(7)5-9/h1-3,5,7H,4H2. The van der Waals surface area contributed by atoms with E-state index in [1.54, 1.807) is 12.2 Å². The third kappa shape index (κ3) is 1.25. The summed E-state index contributed by atoms with van der Waals surface area (Å²) in [6.45, 7) is 0. The molecule has 1 atom stereocenters. The van der Waals surface area contributed by atoms with Gasteiger partial charge in [0.2, 0.25) is 0 Å². The van der Waals surface area contributed by atoms with Gasteiger partial charge in [-0.3, -0.25) is 4.79 Å².